The van der Waals surface area contributed by atoms with Crippen LogP contribution in [0.25, 0.3) is 0 Å². The molecule has 0 aromatic carbocycles. The first-order chi connectivity index (χ1) is 2.41. The summed E-state index contributed by atoms with van der Waals surface area (Å²) >= 11 is 6.31. The molecule has 0 bridgehead atoms. The Bertz CT molecular complexity index is 9.61. The zero-order chi connectivity index (χ0) is 4.71. The van der Waals surface area contributed by atoms with E-state index >= 15 is 0 Å². The Hall–Kier alpha value is 1.07. The van der Waals surface area contributed by atoms with Crippen LogP contribution in [0.5, 0.6) is 0 Å². The van der Waals surface area contributed by atoms with Crippen molar-refractivity contribution in [1.82, 2.24) is 0 Å². The second-order valence-corrected chi connectivity index (χ2v) is 1.22. The third-order valence-electron chi connectivity index (χ3n) is 0. The van der Waals surface area contributed by atoms with E-state index in [9.17, 15) is 0 Å². The lowest BCUT2D eigenvalue weighted by Crippen LogP contribution is -1.25. The Morgan fingerprint density at radius 1 is 1.40 bits per heavy atom. The van der Waals surface area contributed by atoms with Crippen LogP contribution in [-0.2, 0) is 0 Å². The molecule has 0 aromatic heterocycles. The molecular weight excluding hydrogens is 123 g/mol. The maximum Gasteiger partial charge on any atom is -0.0187 e. The summed E-state index contributed by atoms with van der Waals surface area (Å²) < 4.78 is 0. The quantitative estimate of drug-likeness (QED) is 0.452. The van der Waals surface area contributed by atoms with E-state index in [-0.39, 0.29) is 0 Å². The Labute approximate surface area is 44.7 Å². The highest BCUT2D eigenvalue weighted by Gasteiger charge is 1.32. The molecule has 0 saturated heterocycles. The van der Waals surface area contributed by atoms with E-state index in [1.165, 1.54) is 0 Å². The van der Waals surface area contributed by atoms with Gasteiger partial charge in [-0.25, -0.2) is 0 Å². The van der Waals surface area contributed by atoms with Crippen LogP contribution in [-0.4, -0.2) is 12.5 Å². The first-order valence-electron chi connectivity index (χ1n) is 1.03. The van der Waals surface area contributed by atoms with Crippen molar-refractivity contribution in [3.05, 3.63) is 0 Å². The normalized spacial score (nSPS) is 4.80. The van der Waals surface area contributed by atoms with Gasteiger partial charge in [-0.3, -0.25) is 0 Å². The summed E-state index contributed by atoms with van der Waals surface area (Å²) in [6.07, 6.45) is 4.08. The molecule has 0 aliphatic rings. The van der Waals surface area contributed by atoms with E-state index in [1.807, 2.05) is 21.1 Å². The van der Waals surface area contributed by atoms with Gasteiger partial charge in [0.2, 0.25) is 0 Å². The van der Waals surface area contributed by atoms with E-state index in [2.05, 4.69) is 11.2 Å². The molecule has 0 aliphatic carbocycles. The minimum Gasteiger partial charge on any atom is -0.169 e. The van der Waals surface area contributed by atoms with Crippen LogP contribution in [0.2, 0.25) is 0 Å². The van der Waals surface area contributed by atoms with Gasteiger partial charge in [-0.2, -0.15) is 11.8 Å². The van der Waals surface area contributed by atoms with Crippen molar-refractivity contribution >= 4 is 31.6 Å². The van der Waals surface area contributed by atoms with Crippen molar-refractivity contribution in [2.75, 3.05) is 12.5 Å². The van der Waals surface area contributed by atoms with Crippen molar-refractivity contribution in [1.29, 1.82) is 0 Å². The average molecular weight is 131 g/mol. The molecule has 0 spiro atoms. The fourth-order valence-electron chi connectivity index (χ4n) is 0. The summed E-state index contributed by atoms with van der Waals surface area (Å²) in [6, 6.07) is 0. The van der Waals surface area contributed by atoms with Crippen molar-refractivity contribution in [3.63, 3.8) is 0 Å². The Balaban J connectivity index is 0. The summed E-state index contributed by atoms with van der Waals surface area (Å²) in [7, 11) is 1.89. The lowest BCUT2D eigenvalue weighted by atomic mass is 11.9. The first-order valence-corrected chi connectivity index (χ1v) is 4.41. The number of rotatable bonds is 0. The molecule has 0 nitrogen and oxygen atoms in total. The molecule has 0 radical (unpaired) electrons. The van der Waals surface area contributed by atoms with Crippen LogP contribution in [0.3, 0.4) is 0 Å². The molecule has 34 valence electrons. The molecule has 0 aromatic rings. The van der Waals surface area contributed by atoms with Gasteiger partial charge in [0.25, 0.3) is 0 Å². The molecule has 1 unspecified atom stereocenters. The van der Waals surface area contributed by atoms with Crippen molar-refractivity contribution in [3.8, 4) is 0 Å². The van der Waals surface area contributed by atoms with Gasteiger partial charge in [0.15, 0.2) is 0 Å². The van der Waals surface area contributed by atoms with E-state index in [0.717, 1.165) is 0 Å². The van der Waals surface area contributed by atoms with Gasteiger partial charge in [-0.1, -0.05) is 0 Å². The van der Waals surface area contributed by atoms with Gasteiger partial charge in [-0.15, -0.1) is 11.2 Å². The van der Waals surface area contributed by atoms with Gasteiger partial charge in [0, 0.05) is 0 Å². The molecule has 0 N–H and O–H groups in total. The minimum atomic E-state index is 1.75. The molecule has 3 heteroatoms. The van der Waals surface area contributed by atoms with Crippen molar-refractivity contribution in [2.45, 2.75) is 0 Å². The predicted octanol–water partition coefficient (Wildman–Crippen LogP) is 1.99. The maximum absolute atomic E-state index is 4.56. The zero-order valence-corrected chi connectivity index (χ0v) is 6.09. The highest BCUT2D eigenvalue weighted by Crippen LogP contribution is 1.78. The molecule has 0 aliphatic heterocycles. The summed E-state index contributed by atoms with van der Waals surface area (Å²) in [5, 5.41) is 0. The van der Waals surface area contributed by atoms with Crippen LogP contribution in [0.1, 0.15) is 0 Å². The SMILES string of the molecule is CSC.PCl. The number of halogens is 1. The molecule has 1 atom stereocenters. The third-order valence-corrected chi connectivity index (χ3v) is 0. The lowest BCUT2D eigenvalue weighted by Gasteiger charge is -1.51. The number of thioether (sulfide) groups is 1. The first kappa shape index (κ1) is 9.42. The van der Waals surface area contributed by atoms with E-state index < -0.39 is 0 Å². The molecule has 0 rings (SSSR count). The van der Waals surface area contributed by atoms with Crippen LogP contribution in [0.4, 0.5) is 0 Å². The molecule has 5 heavy (non-hydrogen) atoms. The smallest absolute Gasteiger partial charge is 0.0187 e. The summed E-state index contributed by atoms with van der Waals surface area (Å²) in [5.41, 5.74) is 0. The average Bonchev–Trinajstić information content (AvgIpc) is 1.46. The Kier molecular flexibility index (Phi) is 36.9. The molecule has 0 fully saturated rings. The summed E-state index contributed by atoms with van der Waals surface area (Å²) in [4.78, 5) is 0. The molecule has 0 amide bonds. The maximum atomic E-state index is 4.56. The summed E-state index contributed by atoms with van der Waals surface area (Å²) in [5.74, 6) is 0. The van der Waals surface area contributed by atoms with Crippen LogP contribution >= 0.6 is 31.6 Å². The topological polar surface area (TPSA) is 0 Å². The van der Waals surface area contributed by atoms with Gasteiger partial charge in [0.1, 0.15) is 0 Å². The van der Waals surface area contributed by atoms with Gasteiger partial charge in [0.05, 0.1) is 0 Å². The minimum absolute atomic E-state index is 1.75. The Morgan fingerprint density at radius 3 is 1.40 bits per heavy atom. The third kappa shape index (κ3) is 41.7. The molecular formula is C2H8ClPS. The lowest BCUT2D eigenvalue weighted by molar-refractivity contribution is 2.37. The number of hydrogen-bond donors (Lipinski definition) is 0. The molecule has 0 heterocycles. The standard InChI is InChI=1S/C2H6S.ClH2P/c1-3-2;1-2/h1-2H3;2H2. The van der Waals surface area contributed by atoms with Crippen molar-refractivity contribution in [2.24, 2.45) is 0 Å². The predicted molar refractivity (Wildman–Crippen MR) is 35.0 cm³/mol. The number of hydrogen-bond acceptors (Lipinski definition) is 1. The second kappa shape index (κ2) is 19.6. The summed E-state index contributed by atoms with van der Waals surface area (Å²) in [6.45, 7) is 0. The van der Waals surface area contributed by atoms with Gasteiger partial charge < -0.3 is 0 Å². The van der Waals surface area contributed by atoms with Crippen LogP contribution < -0.4 is 0 Å². The zero-order valence-electron chi connectivity index (χ0n) is 3.36. The fourth-order valence-corrected chi connectivity index (χ4v) is 0. The van der Waals surface area contributed by atoms with E-state index in [4.69, 9.17) is 0 Å². The highest BCUT2D eigenvalue weighted by atomic mass is 35.7. The van der Waals surface area contributed by atoms with E-state index in [1.54, 1.807) is 11.8 Å². The van der Waals surface area contributed by atoms with Gasteiger partial charge >= 0.3 is 0 Å². The second-order valence-electron chi connectivity index (χ2n) is 0.408. The monoisotopic (exact) mass is 130 g/mol. The Morgan fingerprint density at radius 2 is 1.40 bits per heavy atom. The van der Waals surface area contributed by atoms with Crippen molar-refractivity contribution < 1.29 is 0 Å². The van der Waals surface area contributed by atoms with Crippen LogP contribution in [0, 0.1) is 0 Å². The van der Waals surface area contributed by atoms with E-state index in [0.29, 0.717) is 0 Å². The van der Waals surface area contributed by atoms with Crippen LogP contribution in [0.15, 0.2) is 0 Å². The van der Waals surface area contributed by atoms with Gasteiger partial charge in [-0.05, 0) is 21.1 Å². The highest BCUT2D eigenvalue weighted by molar-refractivity contribution is 7.97. The molecule has 0 saturated carbocycles. The fraction of sp³-hybridized carbons (Fsp3) is 1.00. The largest absolute Gasteiger partial charge is 0.169 e.